The van der Waals surface area contributed by atoms with Crippen LogP contribution in [-0.4, -0.2) is 30.0 Å². The zero-order valence-corrected chi connectivity index (χ0v) is 17.7. The lowest BCUT2D eigenvalue weighted by molar-refractivity contribution is 0.103. The molecule has 1 unspecified atom stereocenters. The third-order valence-electron chi connectivity index (χ3n) is 4.95. The lowest BCUT2D eigenvalue weighted by Crippen LogP contribution is -2.24. The average molecular weight is 438 g/mol. The fourth-order valence-electron chi connectivity index (χ4n) is 3.43. The average Bonchev–Trinajstić information content (AvgIpc) is 3.43. The van der Waals surface area contributed by atoms with Crippen LogP contribution in [0.2, 0.25) is 5.02 Å². The summed E-state index contributed by atoms with van der Waals surface area (Å²) in [7, 11) is 0. The molecule has 1 aromatic heterocycles. The Labute approximate surface area is 184 Å². The second-order valence-corrected chi connectivity index (χ2v) is 8.50. The molecule has 0 radical (unpaired) electrons. The molecule has 4 rings (SSSR count). The lowest BCUT2D eigenvalue weighted by Gasteiger charge is -2.18. The molecule has 1 aliphatic heterocycles. The third-order valence-corrected chi connectivity index (χ3v) is 6.11. The van der Waals surface area contributed by atoms with Gasteiger partial charge < -0.3 is 10.1 Å². The molecule has 0 spiro atoms. The molecular weight excluding hydrogens is 418 g/mol. The van der Waals surface area contributed by atoms with Crippen molar-refractivity contribution in [2.24, 2.45) is 0 Å². The number of carbonyl (C=O) groups excluding carboxylic acids is 1. The fraction of sp³-hybridized carbons (Fsp3) is 0.217. The zero-order valence-electron chi connectivity index (χ0n) is 16.2. The first kappa shape index (κ1) is 20.4. The van der Waals surface area contributed by atoms with E-state index in [2.05, 4.69) is 16.3 Å². The molecule has 1 amide bonds. The van der Waals surface area contributed by atoms with Crippen molar-refractivity contribution >= 4 is 34.5 Å². The number of benzene rings is 2. The summed E-state index contributed by atoms with van der Waals surface area (Å²) in [6.07, 6.45) is 0.983. The number of likely N-dealkylation sites (tertiary alicyclic amines) is 1. The van der Waals surface area contributed by atoms with Gasteiger partial charge in [-0.2, -0.15) is 5.26 Å². The highest BCUT2D eigenvalue weighted by atomic mass is 35.5. The molecule has 0 aliphatic carbocycles. The van der Waals surface area contributed by atoms with E-state index in [0.29, 0.717) is 26.9 Å². The predicted molar refractivity (Wildman–Crippen MR) is 119 cm³/mol. The Morgan fingerprint density at radius 3 is 2.80 bits per heavy atom. The van der Waals surface area contributed by atoms with Crippen LogP contribution in [0.4, 0.5) is 5.69 Å². The van der Waals surface area contributed by atoms with E-state index in [1.165, 1.54) is 16.9 Å². The van der Waals surface area contributed by atoms with Crippen LogP contribution in [0.5, 0.6) is 5.75 Å². The normalized spacial score (nSPS) is 16.2. The lowest BCUT2D eigenvalue weighted by atomic mass is 10.1. The standard InChI is InChI=1S/C23H20ClN3O2S/c24-20-12-18(26-23(28)22-2-1-11-30-22)7-8-21(20)29-19-9-10-27(15-19)14-17-5-3-16(13-25)4-6-17/h1-8,11-12,19H,9-10,14-15H2,(H,26,28). The third kappa shape index (κ3) is 5.00. The van der Waals surface area contributed by atoms with Gasteiger partial charge in [0.15, 0.2) is 0 Å². The van der Waals surface area contributed by atoms with Crippen molar-refractivity contribution < 1.29 is 9.53 Å². The summed E-state index contributed by atoms with van der Waals surface area (Å²) >= 11 is 7.79. The first-order chi connectivity index (χ1) is 14.6. The van der Waals surface area contributed by atoms with E-state index in [0.717, 1.165) is 26.1 Å². The van der Waals surface area contributed by atoms with E-state index in [-0.39, 0.29) is 12.0 Å². The minimum Gasteiger partial charge on any atom is -0.487 e. The molecule has 2 aromatic carbocycles. The molecule has 30 heavy (non-hydrogen) atoms. The van der Waals surface area contributed by atoms with Crippen molar-refractivity contribution in [1.82, 2.24) is 4.90 Å². The smallest absolute Gasteiger partial charge is 0.265 e. The number of hydrogen-bond donors (Lipinski definition) is 1. The van der Waals surface area contributed by atoms with Gasteiger partial charge in [-0.25, -0.2) is 0 Å². The zero-order chi connectivity index (χ0) is 20.9. The molecule has 1 saturated heterocycles. The van der Waals surface area contributed by atoms with Gasteiger partial charge in [0.25, 0.3) is 5.91 Å². The van der Waals surface area contributed by atoms with E-state index < -0.39 is 0 Å². The van der Waals surface area contributed by atoms with Gasteiger partial charge in [0.05, 0.1) is 21.5 Å². The number of amides is 1. The Balaban J connectivity index is 1.32. The van der Waals surface area contributed by atoms with Crippen LogP contribution in [0.15, 0.2) is 60.0 Å². The highest BCUT2D eigenvalue weighted by molar-refractivity contribution is 7.12. The van der Waals surface area contributed by atoms with Crippen LogP contribution < -0.4 is 10.1 Å². The second kappa shape index (κ2) is 9.31. The van der Waals surface area contributed by atoms with E-state index in [1.807, 2.05) is 35.7 Å². The van der Waals surface area contributed by atoms with Crippen LogP contribution in [0.1, 0.15) is 27.2 Å². The Morgan fingerprint density at radius 2 is 2.10 bits per heavy atom. The number of nitriles is 1. The maximum Gasteiger partial charge on any atom is 0.265 e. The number of nitrogens with one attached hydrogen (secondary N) is 1. The van der Waals surface area contributed by atoms with Crippen LogP contribution in [-0.2, 0) is 6.54 Å². The number of hydrogen-bond acceptors (Lipinski definition) is 5. The Kier molecular flexibility index (Phi) is 6.34. The summed E-state index contributed by atoms with van der Waals surface area (Å²) in [5.41, 5.74) is 2.49. The summed E-state index contributed by atoms with van der Waals surface area (Å²) in [4.78, 5) is 15.2. The number of rotatable bonds is 6. The summed E-state index contributed by atoms with van der Waals surface area (Å²) in [6.45, 7) is 2.58. The van der Waals surface area contributed by atoms with Crippen molar-refractivity contribution in [1.29, 1.82) is 5.26 Å². The van der Waals surface area contributed by atoms with E-state index in [1.54, 1.807) is 24.3 Å². The summed E-state index contributed by atoms with van der Waals surface area (Å²) in [5.74, 6) is 0.472. The van der Waals surface area contributed by atoms with Gasteiger partial charge in [-0.1, -0.05) is 29.8 Å². The van der Waals surface area contributed by atoms with Gasteiger partial charge in [0.1, 0.15) is 11.9 Å². The van der Waals surface area contributed by atoms with Crippen molar-refractivity contribution in [2.75, 3.05) is 18.4 Å². The van der Waals surface area contributed by atoms with Crippen LogP contribution >= 0.6 is 22.9 Å². The summed E-state index contributed by atoms with van der Waals surface area (Å²) in [6, 6.07) is 18.8. The number of halogens is 1. The first-order valence-corrected chi connectivity index (χ1v) is 10.9. The molecule has 152 valence electrons. The van der Waals surface area contributed by atoms with Crippen LogP contribution in [0.3, 0.4) is 0 Å². The molecule has 1 aliphatic rings. The van der Waals surface area contributed by atoms with Gasteiger partial charge in [0, 0.05) is 25.3 Å². The maximum absolute atomic E-state index is 12.2. The van der Waals surface area contributed by atoms with E-state index >= 15 is 0 Å². The second-order valence-electron chi connectivity index (χ2n) is 7.15. The molecule has 0 saturated carbocycles. The molecule has 5 nitrogen and oxygen atoms in total. The van der Waals surface area contributed by atoms with Crippen molar-refractivity contribution in [3.63, 3.8) is 0 Å². The van der Waals surface area contributed by atoms with E-state index in [9.17, 15) is 4.79 Å². The highest BCUT2D eigenvalue weighted by Gasteiger charge is 2.24. The Bertz CT molecular complexity index is 1060. The summed E-state index contributed by atoms with van der Waals surface area (Å²) in [5, 5.41) is 14.1. The Hall–Kier alpha value is -2.85. The van der Waals surface area contributed by atoms with Gasteiger partial charge in [-0.15, -0.1) is 11.3 Å². The maximum atomic E-state index is 12.2. The largest absolute Gasteiger partial charge is 0.487 e. The molecule has 7 heteroatoms. The van der Waals surface area contributed by atoms with Crippen molar-refractivity contribution in [2.45, 2.75) is 19.1 Å². The molecule has 1 N–H and O–H groups in total. The minimum absolute atomic E-state index is 0.0624. The van der Waals surface area contributed by atoms with Crippen molar-refractivity contribution in [3.8, 4) is 11.8 Å². The summed E-state index contributed by atoms with van der Waals surface area (Å²) < 4.78 is 6.12. The SMILES string of the molecule is N#Cc1ccc(CN2CCC(Oc3ccc(NC(=O)c4cccs4)cc3Cl)C2)cc1. The number of thiophene rings is 1. The number of nitrogens with zero attached hydrogens (tertiary/aromatic N) is 2. The molecular formula is C23H20ClN3O2S. The number of ether oxygens (including phenoxy) is 1. The van der Waals surface area contributed by atoms with Crippen molar-refractivity contribution in [3.05, 3.63) is 81.0 Å². The van der Waals surface area contributed by atoms with Gasteiger partial charge in [-0.05, 0) is 53.8 Å². The van der Waals surface area contributed by atoms with Gasteiger partial charge >= 0.3 is 0 Å². The fourth-order valence-corrected chi connectivity index (χ4v) is 4.28. The van der Waals surface area contributed by atoms with Gasteiger partial charge in [0.2, 0.25) is 0 Å². The molecule has 1 atom stereocenters. The topological polar surface area (TPSA) is 65.4 Å². The van der Waals surface area contributed by atoms with Crippen LogP contribution in [0, 0.1) is 11.3 Å². The van der Waals surface area contributed by atoms with E-state index in [4.69, 9.17) is 21.6 Å². The van der Waals surface area contributed by atoms with Gasteiger partial charge in [-0.3, -0.25) is 9.69 Å². The quantitative estimate of drug-likeness (QED) is 0.577. The Morgan fingerprint density at radius 1 is 1.27 bits per heavy atom. The van der Waals surface area contributed by atoms with Crippen LogP contribution in [0.25, 0.3) is 0 Å². The number of carbonyl (C=O) groups is 1. The molecule has 2 heterocycles. The molecule has 3 aromatic rings. The highest BCUT2D eigenvalue weighted by Crippen LogP contribution is 2.30. The minimum atomic E-state index is -0.149. The monoisotopic (exact) mass is 437 g/mol. The first-order valence-electron chi connectivity index (χ1n) is 9.63. The molecule has 0 bridgehead atoms. The number of anilines is 1. The molecule has 1 fully saturated rings. The predicted octanol–water partition coefficient (Wildman–Crippen LogP) is 5.18.